The van der Waals surface area contributed by atoms with Gasteiger partial charge in [-0.1, -0.05) is 11.6 Å². The van der Waals surface area contributed by atoms with Gasteiger partial charge in [0.15, 0.2) is 0 Å². The zero-order chi connectivity index (χ0) is 17.7. The molecule has 0 aliphatic carbocycles. The molecule has 1 fully saturated rings. The number of benzene rings is 1. The second-order valence-electron chi connectivity index (χ2n) is 6.94. The third kappa shape index (κ3) is 5.45. The van der Waals surface area contributed by atoms with Crippen molar-refractivity contribution >= 4 is 23.5 Å². The van der Waals surface area contributed by atoms with Crippen LogP contribution in [0, 0.1) is 0 Å². The van der Waals surface area contributed by atoms with Crippen LogP contribution in [0.2, 0.25) is 5.02 Å². The number of hydrogen-bond acceptors (Lipinski definition) is 3. The van der Waals surface area contributed by atoms with Gasteiger partial charge in [-0.25, -0.2) is 4.79 Å². The molecule has 1 aliphatic heterocycles. The molecule has 2 rings (SSSR count). The molecule has 0 bridgehead atoms. The lowest BCUT2D eigenvalue weighted by Gasteiger charge is -2.34. The molecule has 1 aliphatic rings. The van der Waals surface area contributed by atoms with Gasteiger partial charge in [0.05, 0.1) is 0 Å². The number of amides is 1. The molecule has 1 saturated heterocycles. The Bertz CT molecular complexity index is 582. The topological polar surface area (TPSA) is 38.8 Å². The van der Waals surface area contributed by atoms with Crippen LogP contribution in [0.1, 0.15) is 46.1 Å². The van der Waals surface area contributed by atoms with Gasteiger partial charge >= 0.3 is 6.09 Å². The summed E-state index contributed by atoms with van der Waals surface area (Å²) in [4.78, 5) is 13.8. The molecule has 1 aromatic rings. The molecule has 5 heteroatoms. The van der Waals surface area contributed by atoms with Crippen LogP contribution in [-0.4, -0.2) is 35.8 Å². The Kier molecular flexibility index (Phi) is 6.16. The molecule has 0 spiro atoms. The van der Waals surface area contributed by atoms with Crippen molar-refractivity contribution < 1.29 is 14.3 Å². The molecule has 1 amide bonds. The highest BCUT2D eigenvalue weighted by molar-refractivity contribution is 6.30. The summed E-state index contributed by atoms with van der Waals surface area (Å²) < 4.78 is 11.6. The van der Waals surface area contributed by atoms with E-state index in [1.165, 1.54) is 0 Å². The third-order valence-electron chi connectivity index (χ3n) is 3.78. The highest BCUT2D eigenvalue weighted by atomic mass is 35.5. The first-order chi connectivity index (χ1) is 11.3. The monoisotopic (exact) mass is 351 g/mol. The van der Waals surface area contributed by atoms with E-state index >= 15 is 0 Å². The molecule has 132 valence electrons. The first-order valence-electron chi connectivity index (χ1n) is 8.35. The first-order valence-corrected chi connectivity index (χ1v) is 8.73. The fourth-order valence-electron chi connectivity index (χ4n) is 2.58. The fourth-order valence-corrected chi connectivity index (χ4v) is 2.71. The molecular formula is C19H26ClNO3. The average Bonchev–Trinajstić information content (AvgIpc) is 2.52. The SMILES string of the molecule is CC=C(OC1CCN(C(=O)OC(C)(C)C)CC1)c1ccc(Cl)cc1. The number of piperidine rings is 1. The molecular weight excluding hydrogens is 326 g/mol. The molecule has 24 heavy (non-hydrogen) atoms. The van der Waals surface area contributed by atoms with E-state index in [1.807, 2.05) is 58.0 Å². The maximum absolute atomic E-state index is 12.1. The number of nitrogens with zero attached hydrogens (tertiary/aromatic N) is 1. The van der Waals surface area contributed by atoms with Crippen molar-refractivity contribution in [3.63, 3.8) is 0 Å². The molecule has 0 aromatic heterocycles. The van der Waals surface area contributed by atoms with Crippen LogP contribution < -0.4 is 0 Å². The van der Waals surface area contributed by atoms with Crippen LogP contribution in [0.15, 0.2) is 30.3 Å². The Morgan fingerprint density at radius 3 is 2.29 bits per heavy atom. The van der Waals surface area contributed by atoms with E-state index < -0.39 is 5.60 Å². The summed E-state index contributed by atoms with van der Waals surface area (Å²) in [5.41, 5.74) is 0.549. The van der Waals surface area contributed by atoms with Gasteiger partial charge in [-0.15, -0.1) is 0 Å². The van der Waals surface area contributed by atoms with Gasteiger partial charge in [0.25, 0.3) is 0 Å². The molecule has 0 saturated carbocycles. The van der Waals surface area contributed by atoms with E-state index in [0.717, 1.165) is 24.2 Å². The second-order valence-corrected chi connectivity index (χ2v) is 7.38. The Hall–Kier alpha value is -1.68. The number of halogens is 1. The molecule has 0 unspecified atom stereocenters. The fraction of sp³-hybridized carbons (Fsp3) is 0.526. The number of carbonyl (C=O) groups excluding carboxylic acids is 1. The van der Waals surface area contributed by atoms with E-state index in [-0.39, 0.29) is 12.2 Å². The third-order valence-corrected chi connectivity index (χ3v) is 4.03. The molecule has 0 atom stereocenters. The van der Waals surface area contributed by atoms with Gasteiger partial charge < -0.3 is 14.4 Å². The standard InChI is InChI=1S/C19H26ClNO3/c1-5-17(14-6-8-15(20)9-7-14)23-16-10-12-21(13-11-16)18(22)24-19(2,3)4/h5-9,16H,10-13H2,1-4H3. The van der Waals surface area contributed by atoms with Crippen molar-refractivity contribution in [1.82, 2.24) is 4.90 Å². The van der Waals surface area contributed by atoms with Crippen molar-refractivity contribution in [3.05, 3.63) is 40.9 Å². The van der Waals surface area contributed by atoms with Crippen molar-refractivity contribution in [3.8, 4) is 0 Å². The largest absolute Gasteiger partial charge is 0.490 e. The summed E-state index contributed by atoms with van der Waals surface area (Å²) in [7, 11) is 0. The van der Waals surface area contributed by atoms with Gasteiger partial charge in [-0.05, 0) is 58.0 Å². The summed E-state index contributed by atoms with van der Waals surface area (Å²) in [6.07, 6.45) is 3.41. The minimum Gasteiger partial charge on any atom is -0.490 e. The van der Waals surface area contributed by atoms with Gasteiger partial charge in [-0.3, -0.25) is 0 Å². The van der Waals surface area contributed by atoms with Gasteiger partial charge in [0.1, 0.15) is 17.5 Å². The van der Waals surface area contributed by atoms with E-state index in [2.05, 4.69) is 0 Å². The van der Waals surface area contributed by atoms with Crippen LogP contribution >= 0.6 is 11.6 Å². The highest BCUT2D eigenvalue weighted by Gasteiger charge is 2.27. The molecule has 0 radical (unpaired) electrons. The lowest BCUT2D eigenvalue weighted by molar-refractivity contribution is 0.00994. The quantitative estimate of drug-likeness (QED) is 0.710. The lowest BCUT2D eigenvalue weighted by Crippen LogP contribution is -2.43. The van der Waals surface area contributed by atoms with E-state index in [4.69, 9.17) is 21.1 Å². The predicted octanol–water partition coefficient (Wildman–Crippen LogP) is 5.12. The van der Waals surface area contributed by atoms with Crippen LogP contribution in [0.4, 0.5) is 4.79 Å². The predicted molar refractivity (Wildman–Crippen MR) is 97.0 cm³/mol. The van der Waals surface area contributed by atoms with Crippen LogP contribution in [0.5, 0.6) is 0 Å². The summed E-state index contributed by atoms with van der Waals surface area (Å²) in [5, 5.41) is 0.708. The van der Waals surface area contributed by atoms with Crippen molar-refractivity contribution in [2.24, 2.45) is 0 Å². The Morgan fingerprint density at radius 1 is 1.21 bits per heavy atom. The number of likely N-dealkylation sites (tertiary alicyclic amines) is 1. The summed E-state index contributed by atoms with van der Waals surface area (Å²) in [5.74, 6) is 0.849. The molecule has 1 heterocycles. The summed E-state index contributed by atoms with van der Waals surface area (Å²) in [6, 6.07) is 7.62. The number of rotatable bonds is 3. The van der Waals surface area contributed by atoms with E-state index in [9.17, 15) is 4.79 Å². The van der Waals surface area contributed by atoms with Crippen molar-refractivity contribution in [2.75, 3.05) is 13.1 Å². The summed E-state index contributed by atoms with van der Waals surface area (Å²) >= 11 is 5.93. The molecule has 1 aromatic carbocycles. The highest BCUT2D eigenvalue weighted by Crippen LogP contribution is 2.25. The second kappa shape index (κ2) is 7.93. The van der Waals surface area contributed by atoms with Crippen LogP contribution in [0.3, 0.4) is 0 Å². The minimum atomic E-state index is -0.461. The van der Waals surface area contributed by atoms with Crippen molar-refractivity contribution in [2.45, 2.75) is 52.2 Å². The van der Waals surface area contributed by atoms with Gasteiger partial charge in [0, 0.05) is 36.5 Å². The Labute approximate surface area is 149 Å². The molecule has 4 nitrogen and oxygen atoms in total. The first kappa shape index (κ1) is 18.7. The lowest BCUT2D eigenvalue weighted by atomic mass is 10.1. The molecule has 0 N–H and O–H groups in total. The zero-order valence-electron chi connectivity index (χ0n) is 14.8. The maximum Gasteiger partial charge on any atom is 0.410 e. The Morgan fingerprint density at radius 2 is 1.79 bits per heavy atom. The maximum atomic E-state index is 12.1. The normalized spacial score (nSPS) is 16.9. The van der Waals surface area contributed by atoms with Gasteiger partial charge in [0.2, 0.25) is 0 Å². The number of carbonyl (C=O) groups is 1. The van der Waals surface area contributed by atoms with Crippen molar-refractivity contribution in [1.29, 1.82) is 0 Å². The number of ether oxygens (including phenoxy) is 2. The number of allylic oxidation sites excluding steroid dienone is 1. The van der Waals surface area contributed by atoms with E-state index in [0.29, 0.717) is 18.1 Å². The van der Waals surface area contributed by atoms with Gasteiger partial charge in [-0.2, -0.15) is 0 Å². The van der Waals surface area contributed by atoms with Crippen LogP contribution in [-0.2, 0) is 9.47 Å². The zero-order valence-corrected chi connectivity index (χ0v) is 15.6. The smallest absolute Gasteiger partial charge is 0.410 e. The minimum absolute atomic E-state index is 0.102. The number of hydrogen-bond donors (Lipinski definition) is 0. The summed E-state index contributed by atoms with van der Waals surface area (Å²) in [6.45, 7) is 8.90. The average molecular weight is 352 g/mol. The van der Waals surface area contributed by atoms with E-state index in [1.54, 1.807) is 4.90 Å². The van der Waals surface area contributed by atoms with Crippen LogP contribution in [0.25, 0.3) is 5.76 Å². The Balaban J connectivity index is 1.88.